The monoisotopic (exact) mass is 271 g/mol. The summed E-state index contributed by atoms with van der Waals surface area (Å²) < 4.78 is 6.16. The molecule has 0 saturated carbocycles. The highest BCUT2D eigenvalue weighted by Crippen LogP contribution is 2.42. The second kappa shape index (κ2) is 4.41. The zero-order chi connectivity index (χ0) is 13.4. The Hall–Kier alpha value is -2.22. The van der Waals surface area contributed by atoms with Gasteiger partial charge < -0.3 is 9.64 Å². The Balaban J connectivity index is 1.69. The van der Waals surface area contributed by atoms with Gasteiger partial charge in [0.05, 0.1) is 12.6 Å². The molecule has 2 aromatic rings. The molecule has 8 heteroatoms. The van der Waals surface area contributed by atoms with Crippen LogP contribution in [0.15, 0.2) is 25.3 Å². The van der Waals surface area contributed by atoms with Gasteiger partial charge in [-0.15, -0.1) is 0 Å². The number of hydrogen-bond donors (Lipinski definition) is 0. The van der Waals surface area contributed by atoms with Crippen molar-refractivity contribution >= 4 is 5.95 Å². The third kappa shape index (κ3) is 1.80. The standard InChI is InChI=1S/C12H13N7O/c1-2-12(10-15-5-13-6-16-10)4-19(3-9(1)20-12)11-17-7-14-8-18-11/h5-9H,1-4H2. The Kier molecular flexibility index (Phi) is 2.56. The first-order valence-corrected chi connectivity index (χ1v) is 6.53. The second-order valence-electron chi connectivity index (χ2n) is 5.05. The van der Waals surface area contributed by atoms with Gasteiger partial charge in [0, 0.05) is 6.54 Å². The van der Waals surface area contributed by atoms with Crippen molar-refractivity contribution in [2.75, 3.05) is 18.0 Å². The van der Waals surface area contributed by atoms with Gasteiger partial charge >= 0.3 is 0 Å². The van der Waals surface area contributed by atoms with E-state index in [1.165, 1.54) is 25.3 Å². The van der Waals surface area contributed by atoms with Crippen LogP contribution in [0.25, 0.3) is 0 Å². The summed E-state index contributed by atoms with van der Waals surface area (Å²) in [5, 5.41) is 0. The normalized spacial score (nSPS) is 28.6. The molecule has 2 saturated heterocycles. The summed E-state index contributed by atoms with van der Waals surface area (Å²) in [6.07, 6.45) is 8.10. The Morgan fingerprint density at radius 1 is 1.05 bits per heavy atom. The molecule has 2 fully saturated rings. The van der Waals surface area contributed by atoms with Gasteiger partial charge in [-0.1, -0.05) is 0 Å². The summed E-state index contributed by atoms with van der Waals surface area (Å²) in [5.41, 5.74) is -0.474. The molecule has 0 amide bonds. The van der Waals surface area contributed by atoms with E-state index in [9.17, 15) is 0 Å². The number of aromatic nitrogens is 6. The number of anilines is 1. The van der Waals surface area contributed by atoms with Gasteiger partial charge in [-0.25, -0.2) is 29.9 Å². The highest BCUT2D eigenvalue weighted by molar-refractivity contribution is 5.32. The van der Waals surface area contributed by atoms with Crippen LogP contribution in [0.2, 0.25) is 0 Å². The van der Waals surface area contributed by atoms with E-state index in [0.29, 0.717) is 18.3 Å². The van der Waals surface area contributed by atoms with E-state index >= 15 is 0 Å². The van der Waals surface area contributed by atoms with Crippen molar-refractivity contribution in [1.29, 1.82) is 0 Å². The zero-order valence-corrected chi connectivity index (χ0v) is 10.8. The molecule has 2 atom stereocenters. The van der Waals surface area contributed by atoms with Gasteiger partial charge in [-0.3, -0.25) is 0 Å². The van der Waals surface area contributed by atoms with Crippen molar-refractivity contribution in [3.63, 3.8) is 0 Å². The van der Waals surface area contributed by atoms with Crippen LogP contribution in [-0.2, 0) is 10.3 Å². The molecule has 20 heavy (non-hydrogen) atoms. The minimum atomic E-state index is -0.474. The van der Waals surface area contributed by atoms with Gasteiger partial charge in [0.1, 0.15) is 30.9 Å². The van der Waals surface area contributed by atoms with Crippen molar-refractivity contribution in [1.82, 2.24) is 29.9 Å². The number of ether oxygens (including phenoxy) is 1. The number of nitrogens with zero attached hydrogens (tertiary/aromatic N) is 7. The number of rotatable bonds is 2. The first kappa shape index (κ1) is 11.6. The number of morpholine rings is 1. The van der Waals surface area contributed by atoms with Crippen LogP contribution >= 0.6 is 0 Å². The minimum Gasteiger partial charge on any atom is -0.360 e. The van der Waals surface area contributed by atoms with Gasteiger partial charge in [0.15, 0.2) is 5.82 Å². The van der Waals surface area contributed by atoms with Crippen LogP contribution in [0, 0.1) is 0 Å². The van der Waals surface area contributed by atoms with E-state index in [1.807, 2.05) is 0 Å². The van der Waals surface area contributed by atoms with E-state index in [2.05, 4.69) is 34.8 Å². The van der Waals surface area contributed by atoms with Gasteiger partial charge in [0.2, 0.25) is 5.95 Å². The fourth-order valence-corrected chi connectivity index (χ4v) is 2.95. The molecular weight excluding hydrogens is 258 g/mol. The van der Waals surface area contributed by atoms with Gasteiger partial charge in [-0.05, 0) is 12.8 Å². The zero-order valence-electron chi connectivity index (χ0n) is 10.8. The lowest BCUT2D eigenvalue weighted by molar-refractivity contribution is -0.0640. The Morgan fingerprint density at radius 2 is 1.75 bits per heavy atom. The van der Waals surface area contributed by atoms with Crippen molar-refractivity contribution in [3.8, 4) is 0 Å². The predicted molar refractivity (Wildman–Crippen MR) is 67.7 cm³/mol. The van der Waals surface area contributed by atoms with E-state index < -0.39 is 5.60 Å². The molecule has 0 aromatic carbocycles. The molecule has 2 aromatic heterocycles. The third-order valence-electron chi connectivity index (χ3n) is 3.80. The second-order valence-corrected chi connectivity index (χ2v) is 5.05. The fraction of sp³-hybridized carbons (Fsp3) is 0.500. The molecule has 2 unspecified atom stereocenters. The van der Waals surface area contributed by atoms with Crippen LogP contribution in [-0.4, -0.2) is 49.1 Å². The highest BCUT2D eigenvalue weighted by atomic mass is 16.5. The van der Waals surface area contributed by atoms with Crippen LogP contribution in [0.5, 0.6) is 0 Å². The molecule has 2 aliphatic rings. The van der Waals surface area contributed by atoms with Crippen LogP contribution < -0.4 is 4.90 Å². The largest absolute Gasteiger partial charge is 0.360 e. The van der Waals surface area contributed by atoms with E-state index in [4.69, 9.17) is 4.74 Å². The fourth-order valence-electron chi connectivity index (χ4n) is 2.95. The van der Waals surface area contributed by atoms with Gasteiger partial charge in [-0.2, -0.15) is 0 Å². The molecule has 4 heterocycles. The predicted octanol–water partition coefficient (Wildman–Crippen LogP) is -0.0489. The van der Waals surface area contributed by atoms with Crippen LogP contribution in [0.4, 0.5) is 5.95 Å². The molecule has 4 rings (SSSR count). The maximum atomic E-state index is 6.16. The van der Waals surface area contributed by atoms with Crippen LogP contribution in [0.1, 0.15) is 18.7 Å². The summed E-state index contributed by atoms with van der Waals surface area (Å²) in [4.78, 5) is 26.8. The maximum absolute atomic E-state index is 6.16. The van der Waals surface area contributed by atoms with Crippen molar-refractivity contribution in [2.24, 2.45) is 0 Å². The first-order chi connectivity index (χ1) is 9.86. The lowest BCUT2D eigenvalue weighted by Crippen LogP contribution is -2.50. The molecule has 0 spiro atoms. The average molecular weight is 271 g/mol. The van der Waals surface area contributed by atoms with Crippen molar-refractivity contribution in [2.45, 2.75) is 24.5 Å². The molecule has 8 nitrogen and oxygen atoms in total. The lowest BCUT2D eigenvalue weighted by Gasteiger charge is -2.39. The topological polar surface area (TPSA) is 89.8 Å². The quantitative estimate of drug-likeness (QED) is 0.751. The molecule has 0 N–H and O–H groups in total. The molecule has 2 aliphatic heterocycles. The van der Waals surface area contributed by atoms with E-state index in [1.54, 1.807) is 0 Å². The van der Waals surface area contributed by atoms with E-state index in [0.717, 1.165) is 19.4 Å². The summed E-state index contributed by atoms with van der Waals surface area (Å²) in [6.45, 7) is 1.44. The molecule has 0 aliphatic carbocycles. The summed E-state index contributed by atoms with van der Waals surface area (Å²) >= 11 is 0. The average Bonchev–Trinajstić information content (AvgIpc) is 2.85. The lowest BCUT2D eigenvalue weighted by atomic mass is 9.99. The summed E-state index contributed by atoms with van der Waals surface area (Å²) in [5.74, 6) is 1.36. The minimum absolute atomic E-state index is 0.164. The first-order valence-electron chi connectivity index (χ1n) is 6.53. The van der Waals surface area contributed by atoms with Crippen molar-refractivity contribution in [3.05, 3.63) is 31.1 Å². The Labute approximate surface area is 115 Å². The van der Waals surface area contributed by atoms with Crippen molar-refractivity contribution < 1.29 is 4.74 Å². The number of hydrogen-bond acceptors (Lipinski definition) is 8. The molecular formula is C12H13N7O. The summed E-state index contributed by atoms with van der Waals surface area (Å²) in [7, 11) is 0. The Bertz CT molecular complexity index is 595. The molecule has 0 radical (unpaired) electrons. The smallest absolute Gasteiger partial charge is 0.228 e. The maximum Gasteiger partial charge on any atom is 0.228 e. The Morgan fingerprint density at radius 3 is 2.50 bits per heavy atom. The third-order valence-corrected chi connectivity index (χ3v) is 3.80. The summed E-state index contributed by atoms with van der Waals surface area (Å²) in [6, 6.07) is 0. The molecule has 2 bridgehead atoms. The highest BCUT2D eigenvalue weighted by Gasteiger charge is 2.50. The molecule has 102 valence electrons. The van der Waals surface area contributed by atoms with E-state index in [-0.39, 0.29) is 6.10 Å². The SMILES string of the molecule is c1ncnc(N2CC3CCC(c4ncncn4)(C2)O3)n1. The number of fused-ring (bicyclic) bond motifs is 2. The van der Waals surface area contributed by atoms with Crippen LogP contribution in [0.3, 0.4) is 0 Å². The van der Waals surface area contributed by atoms with Gasteiger partial charge in [0.25, 0.3) is 0 Å².